The van der Waals surface area contributed by atoms with Gasteiger partial charge in [-0.05, 0) is 37.0 Å². The van der Waals surface area contributed by atoms with Gasteiger partial charge in [0.1, 0.15) is 0 Å². The molecule has 1 aromatic rings. The van der Waals surface area contributed by atoms with E-state index >= 15 is 0 Å². The highest BCUT2D eigenvalue weighted by Gasteiger charge is 2.24. The topological polar surface area (TPSA) is 83.5 Å². The van der Waals surface area contributed by atoms with Crippen LogP contribution >= 0.6 is 0 Å². The maximum absolute atomic E-state index is 12.2. The van der Waals surface area contributed by atoms with Crippen LogP contribution in [0.3, 0.4) is 0 Å². The molecule has 0 spiro atoms. The summed E-state index contributed by atoms with van der Waals surface area (Å²) in [7, 11) is -7.06. The smallest absolute Gasteiger partial charge is 0.212 e. The minimum Gasteiger partial charge on any atom is -0.212 e. The predicted octanol–water partition coefficient (Wildman–Crippen LogP) is 1.34. The molecule has 0 aliphatic carbocycles. The fraction of sp³-hybridized carbons (Fsp3) is 0.600. The van der Waals surface area contributed by atoms with Crippen LogP contribution in [-0.2, 0) is 26.5 Å². The molecule has 0 bridgehead atoms. The second-order valence-electron chi connectivity index (χ2n) is 5.67. The molecule has 8 heteroatoms. The van der Waals surface area contributed by atoms with Gasteiger partial charge in [-0.1, -0.05) is 25.5 Å². The molecule has 0 amide bonds. The van der Waals surface area contributed by atoms with E-state index in [1.54, 1.807) is 24.3 Å². The molecule has 23 heavy (non-hydrogen) atoms. The maximum Gasteiger partial charge on any atom is 0.240 e. The Balaban J connectivity index is 1.93. The summed E-state index contributed by atoms with van der Waals surface area (Å²) in [5.74, 6) is -0.209. The Kier molecular flexibility index (Phi) is 6.19. The lowest BCUT2D eigenvalue weighted by atomic mass is 10.2. The van der Waals surface area contributed by atoms with E-state index in [0.717, 1.165) is 31.2 Å². The van der Waals surface area contributed by atoms with Crippen molar-refractivity contribution in [3.8, 4) is 0 Å². The molecule has 1 aromatic carbocycles. The number of hydrogen-bond donors (Lipinski definition) is 1. The zero-order valence-corrected chi connectivity index (χ0v) is 15.0. The highest BCUT2D eigenvalue weighted by molar-refractivity contribution is 7.90. The van der Waals surface area contributed by atoms with Gasteiger partial charge in [0.25, 0.3) is 0 Å². The summed E-state index contributed by atoms with van der Waals surface area (Å²) in [6.07, 6.45) is 3.62. The minimum atomic E-state index is -3.67. The van der Waals surface area contributed by atoms with Gasteiger partial charge in [0.05, 0.1) is 10.6 Å². The summed E-state index contributed by atoms with van der Waals surface area (Å²) in [5.41, 5.74) is 1.05. The number of nitrogens with one attached hydrogen (secondary N) is 1. The number of sulfonamides is 2. The third-order valence-corrected chi connectivity index (χ3v) is 7.35. The normalized spacial score (nSPS) is 17.3. The molecule has 1 fully saturated rings. The van der Waals surface area contributed by atoms with Crippen LogP contribution in [-0.4, -0.2) is 46.5 Å². The number of nitrogens with zero attached hydrogens (tertiary/aromatic N) is 1. The molecule has 0 aromatic heterocycles. The average molecular weight is 361 g/mol. The number of benzene rings is 1. The first-order valence-electron chi connectivity index (χ1n) is 7.91. The van der Waals surface area contributed by atoms with Gasteiger partial charge in [-0.25, -0.2) is 25.9 Å². The fourth-order valence-corrected chi connectivity index (χ4v) is 5.16. The first-order valence-corrected chi connectivity index (χ1v) is 11.0. The lowest BCUT2D eigenvalue weighted by Crippen LogP contribution is -2.40. The molecule has 1 saturated heterocycles. The van der Waals surface area contributed by atoms with Crippen molar-refractivity contribution in [1.29, 1.82) is 0 Å². The Morgan fingerprint density at radius 1 is 1.00 bits per heavy atom. The Hall–Kier alpha value is -0.960. The van der Waals surface area contributed by atoms with Crippen LogP contribution in [0.4, 0.5) is 0 Å². The van der Waals surface area contributed by atoms with Crippen LogP contribution in [0.2, 0.25) is 0 Å². The first kappa shape index (κ1) is 18.4. The van der Waals surface area contributed by atoms with Gasteiger partial charge in [-0.2, -0.15) is 0 Å². The highest BCUT2D eigenvalue weighted by atomic mass is 32.2. The molecule has 0 radical (unpaired) electrons. The van der Waals surface area contributed by atoms with Crippen LogP contribution in [0.25, 0.3) is 0 Å². The van der Waals surface area contributed by atoms with E-state index in [1.165, 1.54) is 4.31 Å². The van der Waals surface area contributed by atoms with Crippen molar-refractivity contribution in [2.75, 3.05) is 25.4 Å². The summed E-state index contributed by atoms with van der Waals surface area (Å²) in [6, 6.07) is 6.61. The number of aryl methyl sites for hydroxylation is 1. The van der Waals surface area contributed by atoms with Crippen LogP contribution in [0.15, 0.2) is 29.2 Å². The van der Waals surface area contributed by atoms with Crippen LogP contribution in [0.5, 0.6) is 0 Å². The van der Waals surface area contributed by atoms with Crippen LogP contribution in [0.1, 0.15) is 31.7 Å². The SMILES string of the molecule is CCc1ccc(S(=O)(=O)NCCS(=O)(=O)N2CCCCC2)cc1. The Labute approximate surface area is 139 Å². The second-order valence-corrected chi connectivity index (χ2v) is 9.53. The number of rotatable bonds is 7. The molecule has 6 nitrogen and oxygen atoms in total. The highest BCUT2D eigenvalue weighted by Crippen LogP contribution is 2.14. The first-order chi connectivity index (χ1) is 10.8. The Bertz CT molecular complexity index is 706. The molecular weight excluding hydrogens is 336 g/mol. The standard InChI is InChI=1S/C15H24N2O4S2/c1-2-14-6-8-15(9-7-14)23(20,21)16-10-13-22(18,19)17-11-4-3-5-12-17/h6-9,16H,2-5,10-13H2,1H3. The summed E-state index contributed by atoms with van der Waals surface area (Å²) in [5, 5.41) is 0. The lowest BCUT2D eigenvalue weighted by molar-refractivity contribution is 0.346. The van der Waals surface area contributed by atoms with E-state index in [0.29, 0.717) is 13.1 Å². The van der Waals surface area contributed by atoms with Gasteiger partial charge >= 0.3 is 0 Å². The number of piperidine rings is 1. The summed E-state index contributed by atoms with van der Waals surface area (Å²) in [6.45, 7) is 2.95. The maximum atomic E-state index is 12.2. The van der Waals surface area contributed by atoms with Crippen LogP contribution in [0, 0.1) is 0 Å². The molecule has 0 atom stereocenters. The van der Waals surface area contributed by atoms with Crippen molar-refractivity contribution in [3.05, 3.63) is 29.8 Å². The van der Waals surface area contributed by atoms with Gasteiger partial charge in [-0.15, -0.1) is 0 Å². The molecule has 1 heterocycles. The zero-order chi connectivity index (χ0) is 16.9. The van der Waals surface area contributed by atoms with Gasteiger partial charge in [0.15, 0.2) is 0 Å². The number of hydrogen-bond acceptors (Lipinski definition) is 4. The van der Waals surface area contributed by atoms with Crippen molar-refractivity contribution < 1.29 is 16.8 Å². The molecular formula is C15H24N2O4S2. The largest absolute Gasteiger partial charge is 0.240 e. The summed E-state index contributed by atoms with van der Waals surface area (Å²) in [4.78, 5) is 0.157. The fourth-order valence-electron chi connectivity index (χ4n) is 2.56. The van der Waals surface area contributed by atoms with Crippen molar-refractivity contribution in [1.82, 2.24) is 9.03 Å². The molecule has 0 saturated carbocycles. The quantitative estimate of drug-likeness (QED) is 0.795. The van der Waals surface area contributed by atoms with E-state index in [2.05, 4.69) is 4.72 Å². The molecule has 1 aliphatic rings. The van der Waals surface area contributed by atoms with Gasteiger partial charge in [-0.3, -0.25) is 0 Å². The molecule has 0 unspecified atom stereocenters. The van der Waals surface area contributed by atoms with E-state index in [1.807, 2.05) is 6.92 Å². The molecule has 1 N–H and O–H groups in total. The summed E-state index contributed by atoms with van der Waals surface area (Å²) < 4.78 is 52.5. The van der Waals surface area contributed by atoms with Gasteiger partial charge < -0.3 is 0 Å². The van der Waals surface area contributed by atoms with Crippen molar-refractivity contribution >= 4 is 20.0 Å². The van der Waals surface area contributed by atoms with Crippen molar-refractivity contribution in [2.24, 2.45) is 0 Å². The Morgan fingerprint density at radius 2 is 1.61 bits per heavy atom. The molecule has 1 aliphatic heterocycles. The van der Waals surface area contributed by atoms with E-state index in [9.17, 15) is 16.8 Å². The Morgan fingerprint density at radius 3 is 2.17 bits per heavy atom. The monoisotopic (exact) mass is 360 g/mol. The lowest BCUT2D eigenvalue weighted by Gasteiger charge is -2.25. The van der Waals surface area contributed by atoms with E-state index in [4.69, 9.17) is 0 Å². The third-order valence-electron chi connectivity index (χ3n) is 4.00. The van der Waals surface area contributed by atoms with Gasteiger partial charge in [0, 0.05) is 19.6 Å². The van der Waals surface area contributed by atoms with Crippen molar-refractivity contribution in [3.63, 3.8) is 0 Å². The zero-order valence-electron chi connectivity index (χ0n) is 13.4. The average Bonchev–Trinajstić information content (AvgIpc) is 2.55. The summed E-state index contributed by atoms with van der Waals surface area (Å²) >= 11 is 0. The second kappa shape index (κ2) is 7.74. The van der Waals surface area contributed by atoms with Crippen molar-refractivity contribution in [2.45, 2.75) is 37.5 Å². The third kappa shape index (κ3) is 5.00. The van der Waals surface area contributed by atoms with Crippen LogP contribution < -0.4 is 4.72 Å². The van der Waals surface area contributed by atoms with Gasteiger partial charge in [0.2, 0.25) is 20.0 Å². The van der Waals surface area contributed by atoms with E-state index in [-0.39, 0.29) is 17.2 Å². The molecule has 2 rings (SSSR count). The molecule has 130 valence electrons. The van der Waals surface area contributed by atoms with E-state index < -0.39 is 20.0 Å². The predicted molar refractivity (Wildman–Crippen MR) is 90.2 cm³/mol. The minimum absolute atomic E-state index is 0.114.